The number of hydrogen-bond donors (Lipinski definition) is 0. The summed E-state index contributed by atoms with van der Waals surface area (Å²) in [4.78, 5) is 2.23. The summed E-state index contributed by atoms with van der Waals surface area (Å²) in [6.45, 7) is 2.49. The van der Waals surface area contributed by atoms with Crippen molar-refractivity contribution in [1.82, 2.24) is 4.90 Å². The molecule has 0 spiro atoms. The van der Waals surface area contributed by atoms with Crippen molar-refractivity contribution >= 4 is 25.8 Å². The van der Waals surface area contributed by atoms with Gasteiger partial charge in [-0.05, 0) is 23.3 Å². The van der Waals surface area contributed by atoms with Gasteiger partial charge in [-0.15, -0.1) is 0 Å². The van der Waals surface area contributed by atoms with E-state index in [4.69, 9.17) is 4.74 Å². The molecule has 1 saturated heterocycles. The Balaban J connectivity index is 1.84. The summed E-state index contributed by atoms with van der Waals surface area (Å²) in [5.74, 6) is 0.519. The maximum atomic E-state index is 11.5. The van der Waals surface area contributed by atoms with Crippen LogP contribution < -0.4 is 0 Å². The first-order chi connectivity index (χ1) is 9.05. The molecule has 2 aliphatic heterocycles. The highest BCUT2D eigenvalue weighted by Crippen LogP contribution is 2.32. The van der Waals surface area contributed by atoms with Crippen LogP contribution in [-0.2, 0) is 21.2 Å². The van der Waals surface area contributed by atoms with Crippen molar-refractivity contribution in [3.8, 4) is 0 Å². The lowest BCUT2D eigenvalue weighted by molar-refractivity contribution is 0.0354. The van der Waals surface area contributed by atoms with Crippen LogP contribution in [0.5, 0.6) is 0 Å². The van der Waals surface area contributed by atoms with Gasteiger partial charge in [0, 0.05) is 17.6 Å². The van der Waals surface area contributed by atoms with Crippen molar-refractivity contribution in [3.05, 3.63) is 33.8 Å². The van der Waals surface area contributed by atoms with E-state index in [0.717, 1.165) is 4.47 Å². The second kappa shape index (κ2) is 5.16. The second-order valence-electron chi connectivity index (χ2n) is 5.06. The zero-order chi connectivity index (χ0) is 13.5. The maximum absolute atomic E-state index is 11.5. The smallest absolute Gasteiger partial charge is 0.152 e. The highest BCUT2D eigenvalue weighted by Gasteiger charge is 2.31. The molecule has 104 valence electrons. The van der Waals surface area contributed by atoms with E-state index in [1.165, 1.54) is 11.1 Å². The number of benzene rings is 1. The molecule has 0 bridgehead atoms. The molecule has 3 rings (SSSR count). The summed E-state index contributed by atoms with van der Waals surface area (Å²) in [7, 11) is -2.83. The van der Waals surface area contributed by atoms with E-state index >= 15 is 0 Å². The molecule has 1 unspecified atom stereocenters. The van der Waals surface area contributed by atoms with E-state index in [-0.39, 0.29) is 17.5 Å². The highest BCUT2D eigenvalue weighted by atomic mass is 79.9. The lowest BCUT2D eigenvalue weighted by Crippen LogP contribution is -2.44. The monoisotopic (exact) mass is 345 g/mol. The molecule has 6 heteroatoms. The first kappa shape index (κ1) is 13.5. The summed E-state index contributed by atoms with van der Waals surface area (Å²) in [6, 6.07) is 6.43. The van der Waals surface area contributed by atoms with E-state index in [2.05, 4.69) is 33.0 Å². The maximum Gasteiger partial charge on any atom is 0.152 e. The van der Waals surface area contributed by atoms with Crippen LogP contribution in [0.25, 0.3) is 0 Å². The van der Waals surface area contributed by atoms with Crippen molar-refractivity contribution in [2.45, 2.75) is 12.6 Å². The van der Waals surface area contributed by atoms with Crippen molar-refractivity contribution in [2.75, 3.05) is 31.2 Å². The van der Waals surface area contributed by atoms with Crippen molar-refractivity contribution in [1.29, 1.82) is 0 Å². The highest BCUT2D eigenvalue weighted by molar-refractivity contribution is 9.10. The fourth-order valence-corrected chi connectivity index (χ4v) is 4.37. The summed E-state index contributed by atoms with van der Waals surface area (Å²) in [5, 5.41) is 0. The first-order valence-electron chi connectivity index (χ1n) is 6.36. The van der Waals surface area contributed by atoms with Gasteiger partial charge in [0.15, 0.2) is 9.84 Å². The Hall–Kier alpha value is -0.430. The molecule has 0 N–H and O–H groups in total. The van der Waals surface area contributed by atoms with Gasteiger partial charge in [0.2, 0.25) is 0 Å². The summed E-state index contributed by atoms with van der Waals surface area (Å²) < 4.78 is 29.7. The van der Waals surface area contributed by atoms with Crippen LogP contribution in [0.1, 0.15) is 17.2 Å². The van der Waals surface area contributed by atoms with Gasteiger partial charge in [0.25, 0.3) is 0 Å². The molecule has 1 fully saturated rings. The summed E-state index contributed by atoms with van der Waals surface area (Å²) in [5.41, 5.74) is 2.47. The minimum Gasteiger partial charge on any atom is -0.375 e. The van der Waals surface area contributed by atoms with Gasteiger partial charge < -0.3 is 4.74 Å². The average Bonchev–Trinajstić information content (AvgIpc) is 2.38. The molecule has 0 aromatic heterocycles. The van der Waals surface area contributed by atoms with E-state index in [1.807, 2.05) is 6.07 Å². The molecule has 0 saturated carbocycles. The molecule has 0 amide bonds. The van der Waals surface area contributed by atoms with Crippen molar-refractivity contribution in [3.63, 3.8) is 0 Å². The third-order valence-corrected chi connectivity index (χ3v) is 5.92. The molecule has 1 aromatic carbocycles. The van der Waals surface area contributed by atoms with Gasteiger partial charge in [-0.25, -0.2) is 8.42 Å². The lowest BCUT2D eigenvalue weighted by Gasteiger charge is -2.37. The van der Waals surface area contributed by atoms with E-state index in [0.29, 0.717) is 26.3 Å². The van der Waals surface area contributed by atoms with Gasteiger partial charge >= 0.3 is 0 Å². The molecule has 0 radical (unpaired) electrons. The molecule has 2 heterocycles. The Bertz CT molecular complexity index is 574. The number of rotatable bonds is 1. The minimum absolute atomic E-state index is 0.187. The molecule has 4 nitrogen and oxygen atoms in total. The first-order valence-corrected chi connectivity index (χ1v) is 8.97. The largest absolute Gasteiger partial charge is 0.375 e. The number of fused-ring (bicyclic) bond motifs is 1. The standard InChI is InChI=1S/C13H16BrNO3S/c14-11-1-2-12-10(7-11)8-18-9-13(12)15-3-5-19(16,17)6-4-15/h1-2,7,13H,3-6,8-9H2. The van der Waals surface area contributed by atoms with Crippen LogP contribution in [0, 0.1) is 0 Å². The topological polar surface area (TPSA) is 46.6 Å². The van der Waals surface area contributed by atoms with E-state index < -0.39 is 9.84 Å². The average molecular weight is 346 g/mol. The fraction of sp³-hybridized carbons (Fsp3) is 0.538. The predicted molar refractivity (Wildman–Crippen MR) is 76.8 cm³/mol. The normalized spacial score (nSPS) is 26.9. The number of ether oxygens (including phenoxy) is 1. The fourth-order valence-electron chi connectivity index (χ4n) is 2.74. The van der Waals surface area contributed by atoms with Crippen molar-refractivity contribution < 1.29 is 13.2 Å². The number of hydrogen-bond acceptors (Lipinski definition) is 4. The quantitative estimate of drug-likeness (QED) is 0.777. The molecule has 2 aliphatic rings. The van der Waals surface area contributed by atoms with Crippen molar-refractivity contribution in [2.24, 2.45) is 0 Å². The van der Waals surface area contributed by atoms with Crippen LogP contribution >= 0.6 is 15.9 Å². The number of sulfone groups is 1. The molecule has 1 aromatic rings. The van der Waals surface area contributed by atoms with Gasteiger partial charge in [0.1, 0.15) is 0 Å². The Kier molecular flexibility index (Phi) is 3.68. The number of nitrogens with zero attached hydrogens (tertiary/aromatic N) is 1. The number of halogens is 1. The molecule has 0 aliphatic carbocycles. The van der Waals surface area contributed by atoms with Crippen LogP contribution in [0.4, 0.5) is 0 Å². The predicted octanol–water partition coefficient (Wildman–Crippen LogP) is 1.75. The van der Waals surface area contributed by atoms with E-state index in [1.54, 1.807) is 0 Å². The second-order valence-corrected chi connectivity index (χ2v) is 8.28. The molecular formula is C13H16BrNO3S. The van der Waals surface area contributed by atoms with Crippen LogP contribution in [0.15, 0.2) is 22.7 Å². The van der Waals surface area contributed by atoms with Gasteiger partial charge in [-0.1, -0.05) is 22.0 Å². The summed E-state index contributed by atoms with van der Waals surface area (Å²) in [6.07, 6.45) is 0. The zero-order valence-corrected chi connectivity index (χ0v) is 12.9. The zero-order valence-electron chi connectivity index (χ0n) is 10.5. The Morgan fingerprint density at radius 1 is 1.26 bits per heavy atom. The van der Waals surface area contributed by atoms with Gasteiger partial charge in [-0.2, -0.15) is 0 Å². The summed E-state index contributed by atoms with van der Waals surface area (Å²) >= 11 is 3.47. The molecular weight excluding hydrogens is 330 g/mol. The third-order valence-electron chi connectivity index (χ3n) is 3.82. The van der Waals surface area contributed by atoms with Crippen LogP contribution in [0.2, 0.25) is 0 Å². The molecule has 1 atom stereocenters. The SMILES string of the molecule is O=S1(=O)CCN(C2COCc3cc(Br)ccc32)CC1. The van der Waals surface area contributed by atoms with E-state index in [9.17, 15) is 8.42 Å². The Morgan fingerprint density at radius 2 is 2.00 bits per heavy atom. The Labute approximate surface area is 121 Å². The Morgan fingerprint density at radius 3 is 2.74 bits per heavy atom. The molecule has 19 heavy (non-hydrogen) atoms. The third kappa shape index (κ3) is 2.86. The van der Waals surface area contributed by atoms with Crippen LogP contribution in [-0.4, -0.2) is 44.5 Å². The van der Waals surface area contributed by atoms with Gasteiger partial charge in [-0.3, -0.25) is 4.90 Å². The minimum atomic E-state index is -2.83. The van der Waals surface area contributed by atoms with Gasteiger partial charge in [0.05, 0.1) is 30.8 Å². The van der Waals surface area contributed by atoms with Crippen LogP contribution in [0.3, 0.4) is 0 Å². The lowest BCUT2D eigenvalue weighted by atomic mass is 9.98.